The topological polar surface area (TPSA) is 30.7 Å². The second kappa shape index (κ2) is 7.87. The molecular weight excluding hydrogens is 450 g/mol. The van der Waals surface area contributed by atoms with E-state index in [-0.39, 0.29) is 0 Å². The normalized spacial score (nSPS) is 14.1. The van der Waals surface area contributed by atoms with Crippen molar-refractivity contribution in [1.82, 2.24) is 14.5 Å². The van der Waals surface area contributed by atoms with E-state index < -0.39 is 0 Å². The summed E-state index contributed by atoms with van der Waals surface area (Å²) in [6.07, 6.45) is 7.03. The van der Waals surface area contributed by atoms with Crippen molar-refractivity contribution in [2.45, 2.75) is 12.8 Å². The summed E-state index contributed by atoms with van der Waals surface area (Å²) in [5, 5.41) is 2.61. The maximum atomic E-state index is 5.20. The average molecular weight is 474 g/mol. The first-order valence-electron chi connectivity index (χ1n) is 12.8. The molecule has 8 rings (SSSR count). The van der Waals surface area contributed by atoms with E-state index in [0.29, 0.717) is 0 Å². The molecule has 3 nitrogen and oxygen atoms in total. The van der Waals surface area contributed by atoms with E-state index in [0.717, 1.165) is 52.3 Å². The summed E-state index contributed by atoms with van der Waals surface area (Å²) in [6, 6.07) is 36.2. The van der Waals surface area contributed by atoms with E-state index >= 15 is 0 Å². The van der Waals surface area contributed by atoms with Crippen molar-refractivity contribution >= 4 is 33.0 Å². The molecule has 2 aromatic heterocycles. The quantitative estimate of drug-likeness (QED) is 0.258. The molecule has 3 heteroatoms. The van der Waals surface area contributed by atoms with Crippen molar-refractivity contribution in [2.24, 2.45) is 0 Å². The number of fused-ring (bicyclic) bond motifs is 4. The molecule has 2 aliphatic rings. The van der Waals surface area contributed by atoms with Gasteiger partial charge < -0.3 is 0 Å². The number of benzene rings is 4. The van der Waals surface area contributed by atoms with Gasteiger partial charge in [-0.25, -0.2) is 9.97 Å². The van der Waals surface area contributed by atoms with Gasteiger partial charge in [0.15, 0.2) is 5.82 Å². The van der Waals surface area contributed by atoms with E-state index in [9.17, 15) is 0 Å². The monoisotopic (exact) mass is 473 g/mol. The molecule has 0 fully saturated rings. The van der Waals surface area contributed by atoms with Gasteiger partial charge in [0.25, 0.3) is 0 Å². The van der Waals surface area contributed by atoms with Gasteiger partial charge in [-0.3, -0.25) is 4.57 Å². The molecule has 0 unspecified atom stereocenters. The first-order chi connectivity index (χ1) is 18.4. The fourth-order valence-electron chi connectivity index (χ4n) is 6.01. The highest BCUT2D eigenvalue weighted by Crippen LogP contribution is 2.49. The minimum atomic E-state index is 0.849. The highest BCUT2D eigenvalue weighted by Gasteiger charge is 2.26. The standard InChI is InChI=1S/C34H23N3/c1-2-10-22(11-3-1)37-32-19-7-6-16-30(32)36-34(37)31-18-9-17-29(35-31)25-20-21-28-24-13-5-4-12-23(24)26-14-8-15-27(25)33(26)28/h1-3,6-21H,4-5H2. The maximum Gasteiger partial charge on any atom is 0.164 e. The van der Waals surface area contributed by atoms with Crippen LogP contribution in [0.5, 0.6) is 0 Å². The minimum absolute atomic E-state index is 0.849. The Morgan fingerprint density at radius 2 is 1.24 bits per heavy atom. The first kappa shape index (κ1) is 20.4. The van der Waals surface area contributed by atoms with Gasteiger partial charge in [-0.2, -0.15) is 0 Å². The van der Waals surface area contributed by atoms with Crippen LogP contribution in [0.15, 0.2) is 115 Å². The summed E-state index contributed by atoms with van der Waals surface area (Å²) >= 11 is 0. The molecule has 0 amide bonds. The lowest BCUT2D eigenvalue weighted by Crippen LogP contribution is -1.99. The van der Waals surface area contributed by atoms with Crippen molar-refractivity contribution in [2.75, 3.05) is 0 Å². The third-order valence-corrected chi connectivity index (χ3v) is 7.60. The summed E-state index contributed by atoms with van der Waals surface area (Å²) in [4.78, 5) is 10.2. The second-order valence-electron chi connectivity index (χ2n) is 9.70. The van der Waals surface area contributed by atoms with Crippen LogP contribution in [0, 0.1) is 0 Å². The molecule has 0 radical (unpaired) electrons. The summed E-state index contributed by atoms with van der Waals surface area (Å²) in [7, 11) is 0. The van der Waals surface area contributed by atoms with Crippen LogP contribution in [-0.4, -0.2) is 14.5 Å². The van der Waals surface area contributed by atoms with Crippen LogP contribution >= 0.6 is 0 Å². The molecule has 2 heterocycles. The number of nitrogens with zero attached hydrogens (tertiary/aromatic N) is 3. The molecule has 0 N–H and O–H groups in total. The molecular formula is C34H23N3. The fourth-order valence-corrected chi connectivity index (χ4v) is 6.01. The second-order valence-corrected chi connectivity index (χ2v) is 9.70. The number of aromatic nitrogens is 3. The van der Waals surface area contributed by atoms with E-state index in [1.165, 1.54) is 33.0 Å². The van der Waals surface area contributed by atoms with E-state index in [1.807, 2.05) is 12.1 Å². The van der Waals surface area contributed by atoms with Crippen LogP contribution in [0.2, 0.25) is 0 Å². The van der Waals surface area contributed by atoms with Gasteiger partial charge in [0.2, 0.25) is 0 Å². The van der Waals surface area contributed by atoms with Crippen molar-refractivity contribution in [3.8, 4) is 28.5 Å². The average Bonchev–Trinajstić information content (AvgIpc) is 3.52. The van der Waals surface area contributed by atoms with Crippen LogP contribution < -0.4 is 0 Å². The zero-order valence-electron chi connectivity index (χ0n) is 20.2. The Morgan fingerprint density at radius 1 is 0.541 bits per heavy atom. The van der Waals surface area contributed by atoms with E-state index in [2.05, 4.69) is 108 Å². The number of hydrogen-bond acceptors (Lipinski definition) is 2. The van der Waals surface area contributed by atoms with Crippen LogP contribution in [-0.2, 0) is 0 Å². The Balaban J connectivity index is 1.34. The molecule has 4 aromatic carbocycles. The largest absolute Gasteiger partial charge is 0.291 e. The molecule has 0 atom stereocenters. The Bertz CT molecular complexity index is 1900. The van der Waals surface area contributed by atoms with Gasteiger partial charge >= 0.3 is 0 Å². The Hall–Kier alpha value is -4.76. The Morgan fingerprint density at radius 3 is 2.11 bits per heavy atom. The lowest BCUT2D eigenvalue weighted by atomic mass is 9.95. The van der Waals surface area contributed by atoms with E-state index in [4.69, 9.17) is 9.97 Å². The summed E-state index contributed by atoms with van der Waals surface area (Å²) in [5.74, 6) is 0.849. The number of hydrogen-bond donors (Lipinski definition) is 0. The van der Waals surface area contributed by atoms with Gasteiger partial charge in [-0.05, 0) is 82.3 Å². The summed E-state index contributed by atoms with van der Waals surface area (Å²) in [5.41, 5.74) is 11.6. The van der Waals surface area contributed by atoms with Crippen LogP contribution in [0.4, 0.5) is 0 Å². The predicted octanol–water partition coefficient (Wildman–Crippen LogP) is 8.48. The van der Waals surface area contributed by atoms with Crippen LogP contribution in [0.3, 0.4) is 0 Å². The van der Waals surface area contributed by atoms with Gasteiger partial charge in [-0.15, -0.1) is 0 Å². The molecule has 0 saturated heterocycles. The molecule has 0 saturated carbocycles. The highest BCUT2D eigenvalue weighted by molar-refractivity contribution is 6.24. The molecule has 0 bridgehead atoms. The number of rotatable bonds is 3. The molecule has 0 spiro atoms. The number of para-hydroxylation sites is 3. The van der Waals surface area contributed by atoms with Gasteiger partial charge in [0, 0.05) is 11.3 Å². The molecule has 0 aliphatic heterocycles. The molecule has 2 aliphatic carbocycles. The lowest BCUT2D eigenvalue weighted by Gasteiger charge is -2.12. The first-order valence-corrected chi connectivity index (χ1v) is 12.8. The summed E-state index contributed by atoms with van der Waals surface area (Å²) < 4.78 is 2.21. The van der Waals surface area contributed by atoms with Gasteiger partial charge in [0.05, 0.1) is 16.7 Å². The third kappa shape index (κ3) is 3.01. The molecule has 37 heavy (non-hydrogen) atoms. The van der Waals surface area contributed by atoms with Gasteiger partial charge in [0.1, 0.15) is 5.69 Å². The summed E-state index contributed by atoms with van der Waals surface area (Å²) in [6.45, 7) is 0. The zero-order chi connectivity index (χ0) is 24.3. The third-order valence-electron chi connectivity index (χ3n) is 7.60. The fraction of sp³-hybridized carbons (Fsp3) is 0.0588. The predicted molar refractivity (Wildman–Crippen MR) is 152 cm³/mol. The van der Waals surface area contributed by atoms with Crippen molar-refractivity contribution in [3.05, 3.63) is 126 Å². The SMILES string of the molecule is C1=C2C(=CCC1)c1ccc(-c3cccc(-c4nc5ccccc5n4-c4ccccc4)n3)c3cccc2c13. The Kier molecular flexibility index (Phi) is 4.35. The number of imidazole rings is 1. The van der Waals surface area contributed by atoms with E-state index in [1.54, 1.807) is 0 Å². The Labute approximate surface area is 215 Å². The van der Waals surface area contributed by atoms with Crippen LogP contribution in [0.25, 0.3) is 61.4 Å². The molecule has 6 aromatic rings. The number of pyridine rings is 1. The van der Waals surface area contributed by atoms with Crippen LogP contribution in [0.1, 0.15) is 24.0 Å². The van der Waals surface area contributed by atoms with Gasteiger partial charge in [-0.1, -0.05) is 78.9 Å². The highest BCUT2D eigenvalue weighted by atomic mass is 15.1. The zero-order valence-corrected chi connectivity index (χ0v) is 20.2. The lowest BCUT2D eigenvalue weighted by molar-refractivity contribution is 1.05. The number of allylic oxidation sites excluding steroid dienone is 4. The van der Waals surface area contributed by atoms with Crippen molar-refractivity contribution in [1.29, 1.82) is 0 Å². The minimum Gasteiger partial charge on any atom is -0.291 e. The van der Waals surface area contributed by atoms with Crippen molar-refractivity contribution in [3.63, 3.8) is 0 Å². The molecule has 174 valence electrons. The smallest absolute Gasteiger partial charge is 0.164 e. The van der Waals surface area contributed by atoms with Crippen molar-refractivity contribution < 1.29 is 0 Å². The maximum absolute atomic E-state index is 5.20.